The Bertz CT molecular complexity index is 433. The second-order valence-electron chi connectivity index (χ2n) is 3.88. The molecule has 0 N–H and O–H groups in total. The number of halogens is 5. The van der Waals surface area contributed by atoms with E-state index in [-0.39, 0.29) is 28.3 Å². The number of rotatable bonds is 4. The highest BCUT2D eigenvalue weighted by Gasteiger charge is 2.44. The van der Waals surface area contributed by atoms with Crippen LogP contribution in [0, 0.1) is 0 Å². The van der Waals surface area contributed by atoms with Gasteiger partial charge >= 0.3 is 6.18 Å². The molecule has 0 unspecified atom stereocenters. The lowest BCUT2D eigenvalue weighted by atomic mass is 10.1. The molecule has 2 atom stereocenters. The molecule has 7 heteroatoms. The Morgan fingerprint density at radius 1 is 1.39 bits per heavy atom. The van der Waals surface area contributed by atoms with Crippen LogP contribution in [0.1, 0.15) is 11.7 Å². The van der Waals surface area contributed by atoms with Crippen LogP contribution in [0.2, 0.25) is 10.0 Å². The van der Waals surface area contributed by atoms with Gasteiger partial charge in [0.15, 0.2) is 6.10 Å². The predicted molar refractivity (Wildman–Crippen MR) is 61.0 cm³/mol. The normalized spacial score (nSPS) is 20.8. The summed E-state index contributed by atoms with van der Waals surface area (Å²) in [6.45, 7) is 0.321. The maximum atomic E-state index is 12.9. The predicted octanol–water partition coefficient (Wildman–Crippen LogP) is 4.01. The quantitative estimate of drug-likeness (QED) is 0.784. The van der Waals surface area contributed by atoms with Crippen LogP contribution in [-0.4, -0.2) is 25.5 Å². The van der Waals surface area contributed by atoms with E-state index in [0.717, 1.165) is 0 Å². The summed E-state index contributed by atoms with van der Waals surface area (Å²) in [5.74, 6) is 0. The van der Waals surface area contributed by atoms with E-state index in [4.69, 9.17) is 32.7 Å². The first kappa shape index (κ1) is 13.9. The third-order valence-corrected chi connectivity index (χ3v) is 2.96. The van der Waals surface area contributed by atoms with Crippen LogP contribution in [0.15, 0.2) is 18.2 Å². The van der Waals surface area contributed by atoms with Crippen LogP contribution >= 0.6 is 23.2 Å². The Balaban J connectivity index is 2.20. The zero-order chi connectivity index (χ0) is 13.3. The second kappa shape index (κ2) is 5.25. The molecule has 1 aliphatic rings. The minimum Gasteiger partial charge on any atom is -0.371 e. The fourth-order valence-electron chi connectivity index (χ4n) is 1.44. The number of ether oxygens (including phenoxy) is 2. The van der Waals surface area contributed by atoms with Gasteiger partial charge in [0.2, 0.25) is 0 Å². The van der Waals surface area contributed by atoms with E-state index >= 15 is 0 Å². The van der Waals surface area contributed by atoms with Crippen molar-refractivity contribution in [3.05, 3.63) is 33.8 Å². The molecule has 0 aliphatic carbocycles. The molecule has 2 rings (SSSR count). The highest BCUT2D eigenvalue weighted by molar-refractivity contribution is 6.35. The van der Waals surface area contributed by atoms with Gasteiger partial charge in [-0.1, -0.05) is 29.3 Å². The summed E-state index contributed by atoms with van der Waals surface area (Å²) < 4.78 is 48.4. The summed E-state index contributed by atoms with van der Waals surface area (Å²) in [4.78, 5) is 0. The first-order chi connectivity index (χ1) is 8.38. The Morgan fingerprint density at radius 3 is 2.56 bits per heavy atom. The lowest BCUT2D eigenvalue weighted by Crippen LogP contribution is -2.25. The van der Waals surface area contributed by atoms with Crippen LogP contribution in [0.3, 0.4) is 0 Å². The van der Waals surface area contributed by atoms with Gasteiger partial charge in [0.1, 0.15) is 6.10 Å². The standard InChI is InChI=1S/C11H9Cl2F3O2/c12-6-1-2-8(9(13)3-6)10(11(14,15)16)18-5-7-4-17-7/h1-3,7,10H,4-5H2/t7-,10-/m1/s1. The van der Waals surface area contributed by atoms with Crippen molar-refractivity contribution >= 4 is 23.2 Å². The van der Waals surface area contributed by atoms with E-state index in [2.05, 4.69) is 0 Å². The number of epoxide rings is 1. The van der Waals surface area contributed by atoms with E-state index in [1.54, 1.807) is 0 Å². The topological polar surface area (TPSA) is 21.8 Å². The van der Waals surface area contributed by atoms with E-state index in [1.165, 1.54) is 18.2 Å². The third-order valence-electron chi connectivity index (χ3n) is 2.39. The Hall–Kier alpha value is -0.490. The van der Waals surface area contributed by atoms with Gasteiger partial charge in [0.25, 0.3) is 0 Å². The minimum atomic E-state index is -4.54. The van der Waals surface area contributed by atoms with Crippen molar-refractivity contribution in [3.63, 3.8) is 0 Å². The number of alkyl halides is 3. The molecule has 0 bridgehead atoms. The molecule has 0 amide bonds. The summed E-state index contributed by atoms with van der Waals surface area (Å²) >= 11 is 11.4. The molecule has 18 heavy (non-hydrogen) atoms. The molecule has 100 valence electrons. The summed E-state index contributed by atoms with van der Waals surface area (Å²) in [5.41, 5.74) is -0.144. The van der Waals surface area contributed by atoms with Crippen LogP contribution in [-0.2, 0) is 9.47 Å². The molecular weight excluding hydrogens is 292 g/mol. The maximum absolute atomic E-state index is 12.9. The van der Waals surface area contributed by atoms with Crippen molar-refractivity contribution in [3.8, 4) is 0 Å². The molecule has 1 fully saturated rings. The summed E-state index contributed by atoms with van der Waals surface area (Å²) in [6.07, 6.45) is -6.85. The molecule has 0 saturated carbocycles. The average molecular weight is 301 g/mol. The van der Waals surface area contributed by atoms with Crippen molar-refractivity contribution in [1.82, 2.24) is 0 Å². The Kier molecular flexibility index (Phi) is 4.06. The first-order valence-electron chi connectivity index (χ1n) is 5.13. The first-order valence-corrected chi connectivity index (χ1v) is 5.88. The molecule has 0 aromatic heterocycles. The van der Waals surface area contributed by atoms with E-state index in [1.807, 2.05) is 0 Å². The van der Waals surface area contributed by atoms with Crippen molar-refractivity contribution < 1.29 is 22.6 Å². The van der Waals surface area contributed by atoms with E-state index in [0.29, 0.717) is 6.61 Å². The maximum Gasteiger partial charge on any atom is 0.418 e. The summed E-state index contributed by atoms with van der Waals surface area (Å²) in [6, 6.07) is 3.82. The molecule has 0 radical (unpaired) electrons. The van der Waals surface area contributed by atoms with E-state index in [9.17, 15) is 13.2 Å². The summed E-state index contributed by atoms with van der Waals surface area (Å²) in [7, 11) is 0. The van der Waals surface area contributed by atoms with Gasteiger partial charge in [-0.05, 0) is 12.1 Å². The fraction of sp³-hybridized carbons (Fsp3) is 0.455. The highest BCUT2D eigenvalue weighted by atomic mass is 35.5. The molecule has 1 aromatic carbocycles. The highest BCUT2D eigenvalue weighted by Crippen LogP contribution is 2.40. The third kappa shape index (κ3) is 3.51. The SMILES string of the molecule is FC(F)(F)[C@H](OC[C@H]1CO1)c1ccc(Cl)cc1Cl. The van der Waals surface area contributed by atoms with Gasteiger partial charge in [-0.2, -0.15) is 13.2 Å². The van der Waals surface area contributed by atoms with Gasteiger partial charge in [0, 0.05) is 15.6 Å². The van der Waals surface area contributed by atoms with Crippen molar-refractivity contribution in [2.75, 3.05) is 13.2 Å². The van der Waals surface area contributed by atoms with Crippen LogP contribution in [0.5, 0.6) is 0 Å². The number of hydrogen-bond acceptors (Lipinski definition) is 2. The smallest absolute Gasteiger partial charge is 0.371 e. The molecule has 1 aliphatic heterocycles. The van der Waals surface area contributed by atoms with Gasteiger partial charge in [-0.25, -0.2) is 0 Å². The zero-order valence-corrected chi connectivity index (χ0v) is 10.5. The van der Waals surface area contributed by atoms with Crippen LogP contribution < -0.4 is 0 Å². The Labute approximate surface area is 112 Å². The zero-order valence-electron chi connectivity index (χ0n) is 9.01. The lowest BCUT2D eigenvalue weighted by Gasteiger charge is -2.21. The van der Waals surface area contributed by atoms with Gasteiger partial charge in [-0.15, -0.1) is 0 Å². The molecular formula is C11H9Cl2F3O2. The van der Waals surface area contributed by atoms with Gasteiger partial charge in [-0.3, -0.25) is 0 Å². The fourth-order valence-corrected chi connectivity index (χ4v) is 1.95. The van der Waals surface area contributed by atoms with Crippen molar-refractivity contribution in [2.45, 2.75) is 18.4 Å². The molecule has 0 spiro atoms. The molecule has 1 aromatic rings. The summed E-state index contributed by atoms with van der Waals surface area (Å²) in [5, 5.41) is 0.205. The second-order valence-corrected chi connectivity index (χ2v) is 4.72. The van der Waals surface area contributed by atoms with Gasteiger partial charge in [0.05, 0.1) is 13.2 Å². The largest absolute Gasteiger partial charge is 0.418 e. The minimum absolute atomic E-state index is 0.0680. The number of hydrogen-bond donors (Lipinski definition) is 0. The Morgan fingerprint density at radius 2 is 2.06 bits per heavy atom. The van der Waals surface area contributed by atoms with Gasteiger partial charge < -0.3 is 9.47 Å². The lowest BCUT2D eigenvalue weighted by molar-refractivity contribution is -0.224. The number of benzene rings is 1. The molecule has 1 heterocycles. The van der Waals surface area contributed by atoms with Crippen LogP contribution in [0.4, 0.5) is 13.2 Å². The monoisotopic (exact) mass is 300 g/mol. The molecule has 2 nitrogen and oxygen atoms in total. The average Bonchev–Trinajstić information content (AvgIpc) is 3.03. The van der Waals surface area contributed by atoms with Crippen molar-refractivity contribution in [1.29, 1.82) is 0 Å². The van der Waals surface area contributed by atoms with Crippen LogP contribution in [0.25, 0.3) is 0 Å². The van der Waals surface area contributed by atoms with Crippen molar-refractivity contribution in [2.24, 2.45) is 0 Å². The van der Waals surface area contributed by atoms with E-state index < -0.39 is 12.3 Å². The molecule has 1 saturated heterocycles.